The molecule has 1 aliphatic carbocycles. The third-order valence-electron chi connectivity index (χ3n) is 5.18. The van der Waals surface area contributed by atoms with Crippen molar-refractivity contribution in [1.29, 1.82) is 0 Å². The number of rotatable bonds is 6. The van der Waals surface area contributed by atoms with Crippen molar-refractivity contribution >= 4 is 5.91 Å². The van der Waals surface area contributed by atoms with Crippen LogP contribution in [0, 0.1) is 18.3 Å². The van der Waals surface area contributed by atoms with Crippen molar-refractivity contribution in [2.75, 3.05) is 7.11 Å². The molecule has 0 aliphatic heterocycles. The summed E-state index contributed by atoms with van der Waals surface area (Å²) in [6.07, 6.45) is 2.58. The van der Waals surface area contributed by atoms with E-state index in [1.807, 2.05) is 13.0 Å². The second kappa shape index (κ2) is 6.18. The van der Waals surface area contributed by atoms with Crippen LogP contribution in [0.25, 0.3) is 0 Å². The molecule has 1 heterocycles. The van der Waals surface area contributed by atoms with E-state index < -0.39 is 0 Å². The quantitative estimate of drug-likeness (QED) is 0.845. The van der Waals surface area contributed by atoms with Crippen LogP contribution >= 0.6 is 0 Å². The Hall–Kier alpha value is -1.36. The number of amides is 1. The first-order valence-corrected chi connectivity index (χ1v) is 7.81. The number of hydrogen-bond acceptors (Lipinski definition) is 3. The maximum atomic E-state index is 12.3. The lowest BCUT2D eigenvalue weighted by Crippen LogP contribution is -2.70. The van der Waals surface area contributed by atoms with Gasteiger partial charge in [0.25, 0.3) is 0 Å². The van der Waals surface area contributed by atoms with Crippen molar-refractivity contribution in [3.8, 4) is 0 Å². The van der Waals surface area contributed by atoms with Gasteiger partial charge < -0.3 is 10.1 Å². The fourth-order valence-electron chi connectivity index (χ4n) is 4.05. The normalized spacial score (nSPS) is 27.2. The van der Waals surface area contributed by atoms with E-state index in [9.17, 15) is 4.79 Å². The number of carbonyl (C=O) groups is 1. The Morgan fingerprint density at radius 1 is 1.48 bits per heavy atom. The number of ether oxygens (including phenoxy) is 1. The zero-order valence-corrected chi connectivity index (χ0v) is 13.7. The number of nitrogens with zero attached hydrogens (tertiary/aromatic N) is 1. The molecule has 0 unspecified atom stereocenters. The van der Waals surface area contributed by atoms with Gasteiger partial charge in [-0.25, -0.2) is 0 Å². The summed E-state index contributed by atoms with van der Waals surface area (Å²) in [5.41, 5.74) is 1.83. The van der Waals surface area contributed by atoms with E-state index in [0.29, 0.717) is 12.3 Å². The van der Waals surface area contributed by atoms with Crippen molar-refractivity contribution in [2.45, 2.75) is 59.1 Å². The Bertz CT molecular complexity index is 493. The van der Waals surface area contributed by atoms with Gasteiger partial charge >= 0.3 is 0 Å². The zero-order valence-electron chi connectivity index (χ0n) is 13.7. The summed E-state index contributed by atoms with van der Waals surface area (Å²) in [6.45, 7) is 8.45. The number of aryl methyl sites for hydroxylation is 1. The Kier molecular flexibility index (Phi) is 4.71. The molecule has 2 rings (SSSR count). The van der Waals surface area contributed by atoms with Crippen LogP contribution in [-0.2, 0) is 16.0 Å². The first-order valence-electron chi connectivity index (χ1n) is 7.81. The summed E-state index contributed by atoms with van der Waals surface area (Å²) >= 11 is 0. The topological polar surface area (TPSA) is 67.0 Å². The number of aromatic nitrogens is 2. The van der Waals surface area contributed by atoms with Gasteiger partial charge in [-0.15, -0.1) is 0 Å². The molecule has 3 atom stereocenters. The van der Waals surface area contributed by atoms with Crippen molar-refractivity contribution in [1.82, 2.24) is 15.5 Å². The predicted octanol–water partition coefficient (Wildman–Crippen LogP) is 2.22. The maximum Gasteiger partial charge on any atom is 0.226 e. The van der Waals surface area contributed by atoms with Gasteiger partial charge in [-0.3, -0.25) is 9.89 Å². The van der Waals surface area contributed by atoms with Gasteiger partial charge in [-0.05, 0) is 25.8 Å². The Labute approximate surface area is 126 Å². The van der Waals surface area contributed by atoms with Crippen molar-refractivity contribution in [3.05, 3.63) is 17.5 Å². The second-order valence-corrected chi connectivity index (χ2v) is 6.22. The molecule has 0 bridgehead atoms. The molecule has 0 saturated heterocycles. The third-order valence-corrected chi connectivity index (χ3v) is 5.18. The fourth-order valence-corrected chi connectivity index (χ4v) is 4.05. The van der Waals surface area contributed by atoms with Gasteiger partial charge in [0.15, 0.2) is 0 Å². The molecule has 1 aliphatic rings. The maximum absolute atomic E-state index is 12.3. The third kappa shape index (κ3) is 2.71. The molecule has 5 heteroatoms. The molecular formula is C16H27N3O2. The predicted molar refractivity (Wildman–Crippen MR) is 81.9 cm³/mol. The van der Waals surface area contributed by atoms with Crippen molar-refractivity contribution < 1.29 is 9.53 Å². The van der Waals surface area contributed by atoms with Gasteiger partial charge in [0.1, 0.15) is 0 Å². The van der Waals surface area contributed by atoms with Crippen LogP contribution < -0.4 is 5.32 Å². The lowest BCUT2D eigenvalue weighted by molar-refractivity contribution is -0.172. The van der Waals surface area contributed by atoms with Crippen LogP contribution in [0.2, 0.25) is 0 Å². The van der Waals surface area contributed by atoms with Crippen molar-refractivity contribution in [3.63, 3.8) is 0 Å². The number of nitrogens with one attached hydrogen (secondary N) is 2. The average molecular weight is 293 g/mol. The monoisotopic (exact) mass is 293 g/mol. The number of methoxy groups -OCH3 is 1. The first-order chi connectivity index (χ1) is 9.98. The molecule has 5 nitrogen and oxygen atoms in total. The smallest absolute Gasteiger partial charge is 0.226 e. The van der Waals surface area contributed by atoms with Crippen LogP contribution in [0.1, 0.15) is 45.0 Å². The van der Waals surface area contributed by atoms with E-state index in [-0.39, 0.29) is 23.5 Å². The first kappa shape index (κ1) is 16.0. The summed E-state index contributed by atoms with van der Waals surface area (Å²) < 4.78 is 5.66. The largest absolute Gasteiger partial charge is 0.380 e. The Morgan fingerprint density at radius 3 is 2.62 bits per heavy atom. The van der Waals surface area contributed by atoms with Crippen LogP contribution in [0.4, 0.5) is 0 Å². The van der Waals surface area contributed by atoms with Crippen LogP contribution in [-0.4, -0.2) is 35.4 Å². The SMILES string of the molecule is CCC1(CC)[C@H](NC(=O)Cc2cc(C)[nH]n2)[C@H](C)[C@H]1OC. The zero-order chi connectivity index (χ0) is 15.6. The molecule has 1 aromatic heterocycles. The summed E-state index contributed by atoms with van der Waals surface area (Å²) in [5, 5.41) is 10.2. The highest BCUT2D eigenvalue weighted by Crippen LogP contribution is 2.52. The molecular weight excluding hydrogens is 266 g/mol. The summed E-state index contributed by atoms with van der Waals surface area (Å²) in [5.74, 6) is 0.388. The highest BCUT2D eigenvalue weighted by atomic mass is 16.5. The van der Waals surface area contributed by atoms with Gasteiger partial charge in [0, 0.05) is 30.2 Å². The van der Waals surface area contributed by atoms with E-state index >= 15 is 0 Å². The minimum absolute atomic E-state index is 0.0409. The van der Waals surface area contributed by atoms with E-state index in [1.165, 1.54) is 0 Å². The molecule has 1 saturated carbocycles. The molecule has 0 radical (unpaired) electrons. The molecule has 2 N–H and O–H groups in total. The summed E-state index contributed by atoms with van der Waals surface area (Å²) in [6, 6.07) is 2.10. The Balaban J connectivity index is 2.02. The number of carbonyl (C=O) groups excluding carboxylic acids is 1. The van der Waals surface area contributed by atoms with Crippen LogP contribution in [0.15, 0.2) is 6.07 Å². The van der Waals surface area contributed by atoms with E-state index in [4.69, 9.17) is 4.74 Å². The van der Waals surface area contributed by atoms with E-state index in [0.717, 1.165) is 24.2 Å². The molecule has 21 heavy (non-hydrogen) atoms. The Morgan fingerprint density at radius 2 is 2.14 bits per heavy atom. The van der Waals surface area contributed by atoms with Gasteiger partial charge in [-0.1, -0.05) is 20.8 Å². The van der Waals surface area contributed by atoms with Gasteiger partial charge in [0.05, 0.1) is 18.2 Å². The minimum atomic E-state index is 0.0409. The van der Waals surface area contributed by atoms with E-state index in [2.05, 4.69) is 36.3 Å². The molecule has 1 aromatic rings. The standard InChI is InChI=1S/C16H27N3O2/c1-6-16(7-2)14(11(4)15(16)21-5)17-13(20)9-12-8-10(3)18-19-12/h8,11,14-15H,6-7,9H2,1-5H3,(H,17,20)(H,18,19)/t11-,14+,15+/m0/s1. The van der Waals surface area contributed by atoms with Gasteiger partial charge in [-0.2, -0.15) is 5.10 Å². The molecule has 0 spiro atoms. The average Bonchev–Trinajstić information content (AvgIpc) is 2.86. The minimum Gasteiger partial charge on any atom is -0.380 e. The van der Waals surface area contributed by atoms with E-state index in [1.54, 1.807) is 7.11 Å². The van der Waals surface area contributed by atoms with Crippen molar-refractivity contribution in [2.24, 2.45) is 11.3 Å². The molecule has 1 fully saturated rings. The summed E-state index contributed by atoms with van der Waals surface area (Å²) in [4.78, 5) is 12.3. The fraction of sp³-hybridized carbons (Fsp3) is 0.750. The number of H-pyrrole nitrogens is 1. The molecule has 0 aromatic carbocycles. The lowest BCUT2D eigenvalue weighted by Gasteiger charge is -2.59. The number of hydrogen-bond donors (Lipinski definition) is 2. The van der Waals surface area contributed by atoms with Crippen LogP contribution in [0.3, 0.4) is 0 Å². The lowest BCUT2D eigenvalue weighted by atomic mass is 9.53. The highest BCUT2D eigenvalue weighted by Gasteiger charge is 2.58. The number of aromatic amines is 1. The molecule has 118 valence electrons. The summed E-state index contributed by atoms with van der Waals surface area (Å²) in [7, 11) is 1.77. The second-order valence-electron chi connectivity index (χ2n) is 6.22. The highest BCUT2D eigenvalue weighted by molar-refractivity contribution is 5.78. The van der Waals surface area contributed by atoms with Gasteiger partial charge in [0.2, 0.25) is 5.91 Å². The van der Waals surface area contributed by atoms with Crippen LogP contribution in [0.5, 0.6) is 0 Å². The molecule has 1 amide bonds.